The lowest BCUT2D eigenvalue weighted by Gasteiger charge is -2.37. The largest absolute Gasteiger partial charge is 0.550 e. The number of nitrogens with one attached hydrogen (secondary N) is 1. The lowest BCUT2D eigenvalue weighted by molar-refractivity contribution is -0.875. The van der Waals surface area contributed by atoms with Crippen LogP contribution in [0.5, 0.6) is 0 Å². The van der Waals surface area contributed by atoms with Crippen molar-refractivity contribution in [3.8, 4) is 0 Å². The number of amides is 1. The molecule has 1 rings (SSSR count). The maximum Gasteiger partial charge on any atom is 0.408 e. The summed E-state index contributed by atoms with van der Waals surface area (Å²) in [5.41, 5.74) is -1.40. The van der Waals surface area contributed by atoms with Gasteiger partial charge in [-0.1, -0.05) is 44.2 Å². The molecule has 0 bridgehead atoms. The van der Waals surface area contributed by atoms with Crippen LogP contribution in [0, 0.1) is 5.92 Å². The van der Waals surface area contributed by atoms with Crippen LogP contribution in [0.15, 0.2) is 30.3 Å². The Balaban J connectivity index is 2.92. The fourth-order valence-corrected chi connectivity index (χ4v) is 2.96. The molecule has 0 aliphatic heterocycles. The molecule has 0 unspecified atom stereocenters. The number of hydrogen-bond acceptors (Lipinski definition) is 6. The quantitative estimate of drug-likeness (QED) is 0.543. The molecule has 1 aromatic carbocycles. The van der Waals surface area contributed by atoms with Crippen LogP contribution in [0.1, 0.15) is 25.8 Å². The van der Waals surface area contributed by atoms with Crippen molar-refractivity contribution in [1.82, 2.24) is 5.32 Å². The molecule has 8 nitrogen and oxygen atoms in total. The van der Waals surface area contributed by atoms with E-state index >= 15 is 0 Å². The van der Waals surface area contributed by atoms with Gasteiger partial charge in [-0.25, -0.2) is 4.79 Å². The minimum absolute atomic E-state index is 0.0217. The molecule has 0 saturated carbocycles. The van der Waals surface area contributed by atoms with E-state index in [1.54, 1.807) is 47.1 Å². The Morgan fingerprint density at radius 1 is 1.18 bits per heavy atom. The number of rotatable bonds is 10. The summed E-state index contributed by atoms with van der Waals surface area (Å²) in [6, 6.07) is 7.92. The van der Waals surface area contributed by atoms with Crippen molar-refractivity contribution in [3.05, 3.63) is 35.9 Å². The first-order chi connectivity index (χ1) is 12.8. The Kier molecular flexibility index (Phi) is 8.14. The van der Waals surface area contributed by atoms with Gasteiger partial charge in [-0.2, -0.15) is 0 Å². The number of carbonyl (C=O) groups is 3. The van der Waals surface area contributed by atoms with Crippen LogP contribution < -0.4 is 10.4 Å². The first kappa shape index (κ1) is 23.6. The number of hydrogen-bond donors (Lipinski definition) is 2. The van der Waals surface area contributed by atoms with Gasteiger partial charge in [-0.15, -0.1) is 0 Å². The van der Waals surface area contributed by atoms with Crippen molar-refractivity contribution >= 4 is 17.8 Å². The monoisotopic (exact) mass is 394 g/mol. The molecule has 0 saturated heterocycles. The smallest absolute Gasteiger partial charge is 0.408 e. The van der Waals surface area contributed by atoms with E-state index in [1.807, 2.05) is 18.2 Å². The molecule has 0 aromatic heterocycles. The molecular formula is C20H30N2O6. The topological polar surface area (TPSA) is 116 Å². The lowest BCUT2D eigenvalue weighted by atomic mass is 9.84. The molecule has 156 valence electrons. The van der Waals surface area contributed by atoms with Gasteiger partial charge in [0.15, 0.2) is 11.4 Å². The number of carboxylic acids is 1. The van der Waals surface area contributed by atoms with Gasteiger partial charge in [0, 0.05) is 12.4 Å². The highest BCUT2D eigenvalue weighted by Crippen LogP contribution is 2.21. The zero-order chi connectivity index (χ0) is 21.5. The van der Waals surface area contributed by atoms with Gasteiger partial charge in [0.25, 0.3) is 0 Å². The Bertz CT molecular complexity index is 684. The molecule has 2 atom stereocenters. The van der Waals surface area contributed by atoms with Crippen LogP contribution in [0.2, 0.25) is 0 Å². The summed E-state index contributed by atoms with van der Waals surface area (Å²) in [5, 5.41) is 24.4. The van der Waals surface area contributed by atoms with Crippen molar-refractivity contribution in [2.24, 2.45) is 5.92 Å². The van der Waals surface area contributed by atoms with Gasteiger partial charge in [-0.05, 0) is 11.5 Å². The number of ether oxygens (including phenoxy) is 1. The standard InChI is InChI=1S/C20H30N2O6/c1-14(2)17(21-19(26)28-12-15-9-7-6-8-10-15)18(25)20(27,11-16(23)24)13-22(3,4)5/h6-10,14,17,27H,11-13H2,1-5H3,(H-,21,23,24,26)/t17-,20+/m0/s1. The highest BCUT2D eigenvalue weighted by Gasteiger charge is 2.46. The predicted molar refractivity (Wildman–Crippen MR) is 101 cm³/mol. The van der Waals surface area contributed by atoms with Crippen LogP contribution in [0.3, 0.4) is 0 Å². The molecule has 28 heavy (non-hydrogen) atoms. The fourth-order valence-electron chi connectivity index (χ4n) is 2.96. The third-order valence-electron chi connectivity index (χ3n) is 4.07. The van der Waals surface area contributed by atoms with Crippen LogP contribution in [0.25, 0.3) is 0 Å². The van der Waals surface area contributed by atoms with E-state index in [9.17, 15) is 24.6 Å². The Hall–Kier alpha value is -2.45. The van der Waals surface area contributed by atoms with Crippen molar-refractivity contribution in [1.29, 1.82) is 0 Å². The molecule has 0 radical (unpaired) electrons. The normalized spacial score (nSPS) is 14.8. The summed E-state index contributed by atoms with van der Waals surface area (Å²) < 4.78 is 5.29. The molecular weight excluding hydrogens is 364 g/mol. The second-order valence-corrected chi connectivity index (χ2v) is 8.32. The number of nitrogens with zero attached hydrogens (tertiary/aromatic N) is 1. The fraction of sp³-hybridized carbons (Fsp3) is 0.550. The summed E-state index contributed by atoms with van der Waals surface area (Å²) in [4.78, 5) is 36.3. The van der Waals surface area contributed by atoms with E-state index in [2.05, 4.69) is 5.32 Å². The number of ketones is 1. The molecule has 0 fully saturated rings. The average molecular weight is 394 g/mol. The van der Waals surface area contributed by atoms with E-state index in [1.165, 1.54) is 0 Å². The van der Waals surface area contributed by atoms with E-state index in [0.29, 0.717) is 0 Å². The summed E-state index contributed by atoms with van der Waals surface area (Å²) in [6.45, 7) is 3.24. The Morgan fingerprint density at radius 2 is 1.75 bits per heavy atom. The molecule has 1 aromatic rings. The highest BCUT2D eigenvalue weighted by molar-refractivity contribution is 5.96. The Morgan fingerprint density at radius 3 is 2.21 bits per heavy atom. The zero-order valence-corrected chi connectivity index (χ0v) is 17.1. The highest BCUT2D eigenvalue weighted by atomic mass is 16.5. The molecule has 0 spiro atoms. The number of Topliss-reactive ketones (excluding diaryl/α,β-unsaturated/α-hetero) is 1. The van der Waals surface area contributed by atoms with Gasteiger partial charge in [-0.3, -0.25) is 4.79 Å². The maximum absolute atomic E-state index is 13.0. The van der Waals surface area contributed by atoms with Crippen molar-refractivity contribution in [3.63, 3.8) is 0 Å². The van der Waals surface area contributed by atoms with Crippen LogP contribution in [0.4, 0.5) is 4.79 Å². The third-order valence-corrected chi connectivity index (χ3v) is 4.07. The summed E-state index contributed by atoms with van der Waals surface area (Å²) in [6.07, 6.45) is -1.68. The van der Waals surface area contributed by atoms with Gasteiger partial charge < -0.3 is 29.5 Å². The van der Waals surface area contributed by atoms with Gasteiger partial charge in [0.2, 0.25) is 0 Å². The van der Waals surface area contributed by atoms with Crippen LogP contribution in [-0.2, 0) is 20.9 Å². The summed E-state index contributed by atoms with van der Waals surface area (Å²) in [5.74, 6) is -2.72. The third kappa shape index (κ3) is 7.66. The number of alkyl carbamates (subject to hydrolysis) is 1. The molecule has 0 aliphatic carbocycles. The molecule has 0 aliphatic rings. The van der Waals surface area contributed by atoms with Crippen molar-refractivity contribution < 1.29 is 33.8 Å². The number of aliphatic hydroxyl groups is 1. The van der Waals surface area contributed by atoms with Crippen molar-refractivity contribution in [2.75, 3.05) is 27.7 Å². The minimum atomic E-state index is -2.18. The number of carboxylic acid groups (broad SMARTS) is 1. The molecule has 8 heteroatoms. The number of benzene rings is 1. The SMILES string of the molecule is CC(C)[C@H](NC(=O)OCc1ccccc1)C(=O)[C@@](O)(CC(=O)[O-])C[N+](C)(C)C. The first-order valence-electron chi connectivity index (χ1n) is 9.08. The molecule has 0 heterocycles. The maximum atomic E-state index is 13.0. The second-order valence-electron chi connectivity index (χ2n) is 8.32. The zero-order valence-electron chi connectivity index (χ0n) is 17.1. The summed E-state index contributed by atoms with van der Waals surface area (Å²) in [7, 11) is 5.17. The first-order valence-corrected chi connectivity index (χ1v) is 9.08. The van der Waals surface area contributed by atoms with Gasteiger partial charge in [0.1, 0.15) is 13.2 Å². The average Bonchev–Trinajstić information content (AvgIpc) is 2.55. The van der Waals surface area contributed by atoms with Gasteiger partial charge >= 0.3 is 6.09 Å². The van der Waals surface area contributed by atoms with E-state index in [-0.39, 0.29) is 17.6 Å². The minimum Gasteiger partial charge on any atom is -0.550 e. The molecule has 1 amide bonds. The molecule has 2 N–H and O–H groups in total. The van der Waals surface area contributed by atoms with E-state index in [4.69, 9.17) is 4.74 Å². The van der Waals surface area contributed by atoms with Gasteiger partial charge in [0.05, 0.1) is 27.2 Å². The van der Waals surface area contributed by atoms with Crippen LogP contribution in [-0.4, -0.2) is 66.8 Å². The number of carbonyl (C=O) groups excluding carboxylic acids is 3. The second kappa shape index (κ2) is 9.66. The number of likely N-dealkylation sites (N-methyl/N-ethyl adjacent to an activating group) is 1. The Labute approximate surface area is 165 Å². The lowest BCUT2D eigenvalue weighted by Crippen LogP contribution is -2.62. The van der Waals surface area contributed by atoms with Crippen LogP contribution >= 0.6 is 0 Å². The van der Waals surface area contributed by atoms with E-state index < -0.39 is 41.8 Å². The summed E-state index contributed by atoms with van der Waals surface area (Å²) >= 11 is 0. The number of aliphatic carboxylic acids is 1. The number of quaternary nitrogens is 1. The van der Waals surface area contributed by atoms with E-state index in [0.717, 1.165) is 5.56 Å². The predicted octanol–water partition coefficient (Wildman–Crippen LogP) is 0.0838. The van der Waals surface area contributed by atoms with Crippen molar-refractivity contribution in [2.45, 2.75) is 38.5 Å².